The van der Waals surface area contributed by atoms with E-state index in [1.807, 2.05) is 32.9 Å². The molecule has 1 heterocycles. The molecule has 0 bridgehead atoms. The zero-order valence-corrected chi connectivity index (χ0v) is 15.0. The normalized spacial score (nSPS) is 16.8. The van der Waals surface area contributed by atoms with E-state index in [-0.39, 0.29) is 6.09 Å². The molecule has 1 aliphatic rings. The molecule has 1 saturated heterocycles. The van der Waals surface area contributed by atoms with Gasteiger partial charge in [0.1, 0.15) is 5.60 Å². The van der Waals surface area contributed by atoms with Crippen LogP contribution in [0.4, 0.5) is 10.5 Å². The highest BCUT2D eigenvalue weighted by Gasteiger charge is 2.27. The number of ether oxygens (including phenoxy) is 1. The summed E-state index contributed by atoms with van der Waals surface area (Å²) in [5, 5.41) is 3.02. The summed E-state index contributed by atoms with van der Waals surface area (Å²) < 4.78 is 5.44. The fourth-order valence-electron chi connectivity index (χ4n) is 2.76. The van der Waals surface area contributed by atoms with E-state index in [2.05, 4.69) is 22.4 Å². The summed E-state index contributed by atoms with van der Waals surface area (Å²) in [5.41, 5.74) is 7.43. The Morgan fingerprint density at radius 3 is 2.33 bits per heavy atom. The van der Waals surface area contributed by atoms with Crippen LogP contribution in [0.1, 0.15) is 45.1 Å². The van der Waals surface area contributed by atoms with Crippen LogP contribution in [0, 0.1) is 0 Å². The molecular formula is C18H28N4O2. The lowest BCUT2D eigenvalue weighted by molar-refractivity contribution is 0.0205. The molecule has 132 valence electrons. The van der Waals surface area contributed by atoms with Crippen molar-refractivity contribution in [3.63, 3.8) is 0 Å². The minimum Gasteiger partial charge on any atom is -0.444 e. The maximum absolute atomic E-state index is 12.1. The predicted octanol–water partition coefficient (Wildman–Crippen LogP) is 3.16. The third kappa shape index (κ3) is 5.15. The fourth-order valence-corrected chi connectivity index (χ4v) is 2.76. The standard InChI is InChI=1S/C18H28N4O2/c1-18(2,3)24-17(23)22-11-9-14(10-12-22)13-5-7-15(8-6-13)21-16(19)20-4/h5-8,14H,9-12H2,1-4H3,(H3,19,20,21). The molecule has 1 aromatic rings. The number of piperidine rings is 1. The number of hydrogen-bond acceptors (Lipinski definition) is 3. The Kier molecular flexibility index (Phi) is 5.70. The lowest BCUT2D eigenvalue weighted by Crippen LogP contribution is -2.41. The van der Waals surface area contributed by atoms with Gasteiger partial charge in [-0.05, 0) is 57.2 Å². The van der Waals surface area contributed by atoms with Gasteiger partial charge in [0.05, 0.1) is 0 Å². The average Bonchev–Trinajstić information content (AvgIpc) is 2.54. The molecule has 0 unspecified atom stereocenters. The highest BCUT2D eigenvalue weighted by molar-refractivity contribution is 5.92. The van der Waals surface area contributed by atoms with Crippen molar-refractivity contribution in [3.8, 4) is 0 Å². The summed E-state index contributed by atoms with van der Waals surface area (Å²) in [5.74, 6) is 0.864. The molecule has 6 nitrogen and oxygen atoms in total. The summed E-state index contributed by atoms with van der Waals surface area (Å²) in [6, 6.07) is 8.24. The van der Waals surface area contributed by atoms with Gasteiger partial charge in [-0.3, -0.25) is 4.99 Å². The average molecular weight is 332 g/mol. The van der Waals surface area contributed by atoms with Gasteiger partial charge in [0.15, 0.2) is 5.96 Å². The predicted molar refractivity (Wildman–Crippen MR) is 97.4 cm³/mol. The van der Waals surface area contributed by atoms with Crippen LogP contribution in [0.15, 0.2) is 29.3 Å². The molecule has 0 radical (unpaired) electrons. The van der Waals surface area contributed by atoms with Gasteiger partial charge in [0, 0.05) is 25.8 Å². The summed E-state index contributed by atoms with van der Waals surface area (Å²) in [7, 11) is 1.65. The first kappa shape index (κ1) is 18.1. The van der Waals surface area contributed by atoms with Gasteiger partial charge in [-0.2, -0.15) is 0 Å². The van der Waals surface area contributed by atoms with Gasteiger partial charge in [0.2, 0.25) is 0 Å². The van der Waals surface area contributed by atoms with Crippen LogP contribution >= 0.6 is 0 Å². The Bertz CT molecular complexity index is 582. The Hall–Kier alpha value is -2.24. The second-order valence-corrected chi connectivity index (χ2v) is 7.10. The van der Waals surface area contributed by atoms with E-state index in [1.54, 1.807) is 11.9 Å². The fraction of sp³-hybridized carbons (Fsp3) is 0.556. The second kappa shape index (κ2) is 7.55. The Morgan fingerprint density at radius 2 is 1.83 bits per heavy atom. The molecule has 1 fully saturated rings. The number of nitrogens with two attached hydrogens (primary N) is 1. The van der Waals surface area contributed by atoms with E-state index in [0.29, 0.717) is 11.9 Å². The van der Waals surface area contributed by atoms with Crippen LogP contribution in [-0.2, 0) is 4.74 Å². The molecule has 0 spiro atoms. The monoisotopic (exact) mass is 332 g/mol. The van der Waals surface area contributed by atoms with Crippen LogP contribution in [0.2, 0.25) is 0 Å². The van der Waals surface area contributed by atoms with Gasteiger partial charge in [-0.1, -0.05) is 12.1 Å². The van der Waals surface area contributed by atoms with Crippen molar-refractivity contribution in [2.75, 3.05) is 25.5 Å². The molecule has 6 heteroatoms. The number of rotatable bonds is 2. The summed E-state index contributed by atoms with van der Waals surface area (Å²) in [4.78, 5) is 17.8. The molecule has 0 saturated carbocycles. The van der Waals surface area contributed by atoms with E-state index in [4.69, 9.17) is 10.5 Å². The molecule has 0 atom stereocenters. The number of nitrogens with zero attached hydrogens (tertiary/aromatic N) is 2. The van der Waals surface area contributed by atoms with Crippen LogP contribution in [0.5, 0.6) is 0 Å². The summed E-state index contributed by atoms with van der Waals surface area (Å²) in [6.45, 7) is 7.14. The maximum atomic E-state index is 12.1. The summed E-state index contributed by atoms with van der Waals surface area (Å²) in [6.07, 6.45) is 1.68. The topological polar surface area (TPSA) is 80.0 Å². The number of nitrogens with one attached hydrogen (secondary N) is 1. The number of carbonyl (C=O) groups excluding carboxylic acids is 1. The Balaban J connectivity index is 1.89. The molecule has 2 rings (SSSR count). The molecule has 1 aromatic carbocycles. The highest BCUT2D eigenvalue weighted by Crippen LogP contribution is 2.29. The van der Waals surface area contributed by atoms with Crippen LogP contribution in [-0.4, -0.2) is 42.7 Å². The number of guanidine groups is 1. The molecular weight excluding hydrogens is 304 g/mol. The van der Waals surface area contributed by atoms with Gasteiger partial charge in [-0.25, -0.2) is 4.79 Å². The molecule has 0 aliphatic carbocycles. The van der Waals surface area contributed by atoms with Crippen molar-refractivity contribution in [1.29, 1.82) is 0 Å². The third-order valence-corrected chi connectivity index (χ3v) is 4.04. The first-order chi connectivity index (χ1) is 11.3. The van der Waals surface area contributed by atoms with Crippen molar-refractivity contribution >= 4 is 17.7 Å². The van der Waals surface area contributed by atoms with Crippen LogP contribution in [0.25, 0.3) is 0 Å². The number of amides is 1. The number of likely N-dealkylation sites (tertiary alicyclic amines) is 1. The largest absolute Gasteiger partial charge is 0.444 e. The minimum atomic E-state index is -0.444. The van der Waals surface area contributed by atoms with Crippen molar-refractivity contribution in [2.45, 2.75) is 45.1 Å². The van der Waals surface area contributed by atoms with Crippen molar-refractivity contribution in [1.82, 2.24) is 4.90 Å². The van der Waals surface area contributed by atoms with Crippen molar-refractivity contribution in [2.24, 2.45) is 10.7 Å². The third-order valence-electron chi connectivity index (χ3n) is 4.04. The second-order valence-electron chi connectivity index (χ2n) is 7.10. The number of anilines is 1. The lowest BCUT2D eigenvalue weighted by atomic mass is 9.89. The smallest absolute Gasteiger partial charge is 0.410 e. The molecule has 0 aromatic heterocycles. The molecule has 1 amide bonds. The molecule has 3 N–H and O–H groups in total. The lowest BCUT2D eigenvalue weighted by Gasteiger charge is -2.33. The van der Waals surface area contributed by atoms with E-state index in [9.17, 15) is 4.79 Å². The number of hydrogen-bond donors (Lipinski definition) is 2. The van der Waals surface area contributed by atoms with E-state index >= 15 is 0 Å². The summed E-state index contributed by atoms with van der Waals surface area (Å²) >= 11 is 0. The van der Waals surface area contributed by atoms with Gasteiger partial charge >= 0.3 is 6.09 Å². The highest BCUT2D eigenvalue weighted by atomic mass is 16.6. The Morgan fingerprint density at radius 1 is 1.25 bits per heavy atom. The first-order valence-electron chi connectivity index (χ1n) is 8.35. The quantitative estimate of drug-likeness (QED) is 0.644. The van der Waals surface area contributed by atoms with Gasteiger partial charge < -0.3 is 20.7 Å². The maximum Gasteiger partial charge on any atom is 0.410 e. The minimum absolute atomic E-state index is 0.213. The number of carbonyl (C=O) groups is 1. The van der Waals surface area contributed by atoms with Crippen LogP contribution < -0.4 is 11.1 Å². The van der Waals surface area contributed by atoms with Crippen LogP contribution in [0.3, 0.4) is 0 Å². The van der Waals surface area contributed by atoms with E-state index in [1.165, 1.54) is 5.56 Å². The number of aliphatic imine (C=N–C) groups is 1. The van der Waals surface area contributed by atoms with Crippen molar-refractivity contribution in [3.05, 3.63) is 29.8 Å². The van der Waals surface area contributed by atoms with Crippen molar-refractivity contribution < 1.29 is 9.53 Å². The zero-order chi connectivity index (χ0) is 17.7. The van der Waals surface area contributed by atoms with E-state index < -0.39 is 5.60 Å². The molecule has 24 heavy (non-hydrogen) atoms. The Labute approximate surface area is 144 Å². The number of benzene rings is 1. The molecule has 1 aliphatic heterocycles. The van der Waals surface area contributed by atoms with Gasteiger partial charge in [0.25, 0.3) is 0 Å². The zero-order valence-electron chi connectivity index (χ0n) is 15.0. The van der Waals surface area contributed by atoms with E-state index in [0.717, 1.165) is 31.6 Å². The van der Waals surface area contributed by atoms with Gasteiger partial charge in [-0.15, -0.1) is 0 Å². The first-order valence-corrected chi connectivity index (χ1v) is 8.35. The SMILES string of the molecule is CN=C(N)Nc1ccc(C2CCN(C(=O)OC(C)(C)C)CC2)cc1.